The zero-order valence-corrected chi connectivity index (χ0v) is 16.2. The van der Waals surface area contributed by atoms with Crippen molar-refractivity contribution in [3.05, 3.63) is 54.1 Å². The van der Waals surface area contributed by atoms with Crippen LogP contribution in [0.1, 0.15) is 12.0 Å². The minimum Gasteiger partial charge on any atom is -0.493 e. The molecule has 1 aliphatic rings. The monoisotopic (exact) mass is 407 g/mol. The van der Waals surface area contributed by atoms with Crippen LogP contribution in [-0.4, -0.2) is 32.3 Å². The smallest absolute Gasteiger partial charge is 0.262 e. The number of fused-ring (bicyclic) bond motifs is 1. The van der Waals surface area contributed by atoms with E-state index in [1.807, 2.05) is 37.3 Å². The number of carbonyl (C=O) groups is 2. The number of hydrogen-bond acceptors (Lipinski definition) is 6. The normalized spacial score (nSPS) is 16.5. The predicted octanol–water partition coefficient (Wildman–Crippen LogP) is 4.29. The fourth-order valence-corrected chi connectivity index (χ4v) is 3.74. The van der Waals surface area contributed by atoms with Crippen molar-refractivity contribution >= 4 is 51.0 Å². The molecule has 0 saturated heterocycles. The fraction of sp³-hybridized carbons (Fsp3) is 0.150. The summed E-state index contributed by atoms with van der Waals surface area (Å²) in [5.41, 5.74) is 2.76. The first kappa shape index (κ1) is 18.9. The zero-order valence-electron chi connectivity index (χ0n) is 15.4. The fourth-order valence-electron chi connectivity index (χ4n) is 2.87. The van der Waals surface area contributed by atoms with Gasteiger partial charge in [-0.25, -0.2) is 0 Å². The summed E-state index contributed by atoms with van der Waals surface area (Å²) >= 11 is 1.08. The van der Waals surface area contributed by atoms with Gasteiger partial charge in [-0.3, -0.25) is 9.59 Å². The van der Waals surface area contributed by atoms with Crippen LogP contribution in [0.4, 0.5) is 11.4 Å². The number of nitrogens with one attached hydrogen (secondary N) is 2. The Morgan fingerprint density at radius 3 is 2.76 bits per heavy atom. The summed E-state index contributed by atoms with van der Waals surface area (Å²) in [4.78, 5) is 31.0. The van der Waals surface area contributed by atoms with Gasteiger partial charge in [0.15, 0.2) is 5.69 Å². The Balaban J connectivity index is 1.40. The number of azo groups is 1. The van der Waals surface area contributed by atoms with E-state index in [0.29, 0.717) is 11.1 Å². The lowest BCUT2D eigenvalue weighted by Crippen LogP contribution is -2.21. The highest BCUT2D eigenvalue weighted by Crippen LogP contribution is 2.36. The molecule has 1 aromatic heterocycles. The van der Waals surface area contributed by atoms with Crippen LogP contribution in [0, 0.1) is 6.92 Å². The Hall–Kier alpha value is -3.46. The molecule has 0 spiro atoms. The molecular weight excluding hydrogens is 390 g/mol. The molecule has 146 valence electrons. The maximum Gasteiger partial charge on any atom is 0.262 e. The average molecular weight is 407 g/mol. The van der Waals surface area contributed by atoms with Crippen molar-refractivity contribution in [3.63, 3.8) is 0 Å². The highest BCUT2D eigenvalue weighted by molar-refractivity contribution is 8.15. The number of nitrogens with zero attached hydrogens (tertiary/aromatic N) is 3. The number of amidine groups is 1. The summed E-state index contributed by atoms with van der Waals surface area (Å²) in [6.07, 6.45) is -0.0156. The number of carbonyl (C=O) groups excluding carboxylic acids is 2. The van der Waals surface area contributed by atoms with Crippen molar-refractivity contribution in [1.82, 2.24) is 4.98 Å². The molecule has 3 N–H and O–H groups in total. The quantitative estimate of drug-likeness (QED) is 0.559. The number of aryl methyl sites for hydroxylation is 1. The van der Waals surface area contributed by atoms with Gasteiger partial charge in [0, 0.05) is 17.5 Å². The Labute approximate surface area is 170 Å². The number of H-pyrrole nitrogens is 1. The molecule has 0 unspecified atom stereocenters. The van der Waals surface area contributed by atoms with E-state index in [2.05, 4.69) is 25.5 Å². The predicted molar refractivity (Wildman–Crippen MR) is 113 cm³/mol. The van der Waals surface area contributed by atoms with E-state index in [9.17, 15) is 14.7 Å². The van der Waals surface area contributed by atoms with Gasteiger partial charge in [-0.2, -0.15) is 4.99 Å². The second-order valence-electron chi connectivity index (χ2n) is 6.53. The molecule has 2 aromatic carbocycles. The van der Waals surface area contributed by atoms with E-state index in [0.717, 1.165) is 22.8 Å². The van der Waals surface area contributed by atoms with Crippen LogP contribution in [0.15, 0.2) is 63.8 Å². The van der Waals surface area contributed by atoms with Crippen LogP contribution >= 0.6 is 11.8 Å². The van der Waals surface area contributed by atoms with E-state index < -0.39 is 11.2 Å². The third-order valence-electron chi connectivity index (χ3n) is 4.33. The number of thioether (sulfide) groups is 1. The van der Waals surface area contributed by atoms with Crippen LogP contribution in [0.25, 0.3) is 10.9 Å². The van der Waals surface area contributed by atoms with Gasteiger partial charge in [-0.15, -0.1) is 10.2 Å². The molecule has 0 fully saturated rings. The van der Waals surface area contributed by atoms with Crippen molar-refractivity contribution in [3.8, 4) is 5.88 Å². The number of aromatic amines is 1. The Bertz CT molecular complexity index is 1150. The Morgan fingerprint density at radius 1 is 1.21 bits per heavy atom. The van der Waals surface area contributed by atoms with Crippen molar-refractivity contribution in [2.45, 2.75) is 18.6 Å². The van der Waals surface area contributed by atoms with Crippen LogP contribution in [-0.2, 0) is 9.59 Å². The molecule has 3 aromatic rings. The molecule has 29 heavy (non-hydrogen) atoms. The molecule has 2 amide bonds. The number of rotatable bonds is 4. The second kappa shape index (κ2) is 7.88. The number of anilines is 1. The number of benzene rings is 2. The van der Waals surface area contributed by atoms with Gasteiger partial charge in [0.1, 0.15) is 5.25 Å². The van der Waals surface area contributed by atoms with E-state index in [-0.39, 0.29) is 29.1 Å². The van der Waals surface area contributed by atoms with Gasteiger partial charge in [-0.05, 0) is 25.1 Å². The average Bonchev–Trinajstić information content (AvgIpc) is 3.20. The third kappa shape index (κ3) is 4.19. The zero-order chi connectivity index (χ0) is 20.4. The topological polar surface area (TPSA) is 119 Å². The summed E-state index contributed by atoms with van der Waals surface area (Å²) in [6, 6.07) is 14.7. The SMILES string of the molecule is Cc1ccc(NC(=O)C[C@@H]2SC(N=Nc3c(O)[nH]c4ccccc34)=NC2=O)cc1. The van der Waals surface area contributed by atoms with E-state index in [1.54, 1.807) is 18.2 Å². The third-order valence-corrected chi connectivity index (χ3v) is 5.37. The van der Waals surface area contributed by atoms with Gasteiger partial charge in [0.05, 0.1) is 5.52 Å². The van der Waals surface area contributed by atoms with Crippen LogP contribution in [0.2, 0.25) is 0 Å². The maximum atomic E-state index is 12.2. The lowest BCUT2D eigenvalue weighted by atomic mass is 10.2. The van der Waals surface area contributed by atoms with Crippen molar-refractivity contribution < 1.29 is 14.7 Å². The summed E-state index contributed by atoms with van der Waals surface area (Å²) in [7, 11) is 0. The van der Waals surface area contributed by atoms with Gasteiger partial charge < -0.3 is 15.4 Å². The number of para-hydroxylation sites is 1. The second-order valence-corrected chi connectivity index (χ2v) is 7.70. The highest BCUT2D eigenvalue weighted by atomic mass is 32.2. The van der Waals surface area contributed by atoms with Gasteiger partial charge in [0.2, 0.25) is 17.0 Å². The van der Waals surface area contributed by atoms with E-state index in [1.165, 1.54) is 0 Å². The van der Waals surface area contributed by atoms with Crippen LogP contribution in [0.5, 0.6) is 5.88 Å². The number of aromatic hydroxyl groups is 1. The first-order valence-corrected chi connectivity index (χ1v) is 9.74. The molecule has 0 aliphatic carbocycles. The van der Waals surface area contributed by atoms with Crippen LogP contribution in [0.3, 0.4) is 0 Å². The lowest BCUT2D eigenvalue weighted by molar-refractivity contribution is -0.121. The Kier molecular flexibility index (Phi) is 5.13. The first-order chi connectivity index (χ1) is 14.0. The molecule has 0 bridgehead atoms. The summed E-state index contributed by atoms with van der Waals surface area (Å²) in [6.45, 7) is 1.96. The molecule has 0 radical (unpaired) electrons. The van der Waals surface area contributed by atoms with Crippen molar-refractivity contribution in [2.24, 2.45) is 15.2 Å². The standard InChI is InChI=1S/C20H17N5O3S/c1-11-6-8-12(9-7-11)21-16(26)10-15-18(27)23-20(29-15)25-24-17-13-4-2-3-5-14(13)22-19(17)28/h2-9,15,22,28H,10H2,1H3,(H,21,26)/t15-/m0/s1. The summed E-state index contributed by atoms with van der Waals surface area (Å²) in [5.74, 6) is -0.813. The lowest BCUT2D eigenvalue weighted by Gasteiger charge is -2.08. The molecule has 0 saturated carbocycles. The summed E-state index contributed by atoms with van der Waals surface area (Å²) < 4.78 is 0. The molecule has 1 atom stereocenters. The molecule has 4 rings (SSSR count). The minimum absolute atomic E-state index is 0.0156. The number of hydrogen-bond donors (Lipinski definition) is 3. The Morgan fingerprint density at radius 2 is 1.97 bits per heavy atom. The van der Waals surface area contributed by atoms with Crippen LogP contribution < -0.4 is 5.32 Å². The number of aromatic nitrogens is 1. The number of amides is 2. The minimum atomic E-state index is -0.647. The maximum absolute atomic E-state index is 12.2. The molecule has 8 nitrogen and oxygen atoms in total. The van der Waals surface area contributed by atoms with Crippen molar-refractivity contribution in [2.75, 3.05) is 5.32 Å². The molecule has 2 heterocycles. The van der Waals surface area contributed by atoms with Crippen molar-refractivity contribution in [1.29, 1.82) is 0 Å². The number of aliphatic imine (C=N–C) groups is 1. The first-order valence-electron chi connectivity index (χ1n) is 8.87. The molecule has 1 aliphatic heterocycles. The van der Waals surface area contributed by atoms with E-state index in [4.69, 9.17) is 0 Å². The molecule has 9 heteroatoms. The largest absolute Gasteiger partial charge is 0.493 e. The van der Waals surface area contributed by atoms with Gasteiger partial charge in [0.25, 0.3) is 5.91 Å². The molecular formula is C20H17N5O3S. The highest BCUT2D eigenvalue weighted by Gasteiger charge is 2.31. The van der Waals surface area contributed by atoms with E-state index >= 15 is 0 Å². The van der Waals surface area contributed by atoms with Gasteiger partial charge >= 0.3 is 0 Å². The van der Waals surface area contributed by atoms with Gasteiger partial charge in [-0.1, -0.05) is 47.7 Å². The summed E-state index contributed by atoms with van der Waals surface area (Å²) in [5, 5.41) is 21.0.